The number of rotatable bonds is 1. The van der Waals surface area contributed by atoms with Crippen molar-refractivity contribution >= 4 is 21.4 Å². The molecule has 0 unspecified atom stereocenters. The summed E-state index contributed by atoms with van der Waals surface area (Å²) in [5.41, 5.74) is 1.40. The van der Waals surface area contributed by atoms with E-state index in [0.717, 1.165) is 17.6 Å². The number of benzene rings is 1. The summed E-state index contributed by atoms with van der Waals surface area (Å²) in [5, 5.41) is 0. The first-order valence-corrected chi connectivity index (χ1v) is 6.04. The molecule has 0 amide bonds. The normalized spacial score (nSPS) is 11.1. The largest absolute Gasteiger partial charge is 0.299 e. The van der Waals surface area contributed by atoms with E-state index in [1.54, 1.807) is 0 Å². The van der Waals surface area contributed by atoms with Crippen LogP contribution in [0.5, 0.6) is 0 Å². The van der Waals surface area contributed by atoms with Crippen LogP contribution in [0, 0.1) is 11.6 Å². The number of aromatic nitrogens is 2. The second-order valence-electron chi connectivity index (χ2n) is 3.81. The Morgan fingerprint density at radius 1 is 1.06 bits per heavy atom. The van der Waals surface area contributed by atoms with Crippen LogP contribution >= 0.6 is 15.9 Å². The van der Waals surface area contributed by atoms with Crippen LogP contribution in [-0.2, 0) is 0 Å². The molecule has 5 heteroatoms. The number of nitrogens with zero attached hydrogens (tertiary/aromatic N) is 2. The lowest BCUT2D eigenvalue weighted by molar-refractivity contribution is 0.509. The van der Waals surface area contributed by atoms with Gasteiger partial charge in [0.2, 0.25) is 0 Å². The zero-order chi connectivity index (χ0) is 12.7. The Morgan fingerprint density at radius 3 is 2.67 bits per heavy atom. The third-order valence-corrected chi connectivity index (χ3v) is 3.26. The van der Waals surface area contributed by atoms with Gasteiger partial charge in [-0.3, -0.25) is 4.40 Å². The second-order valence-corrected chi connectivity index (χ2v) is 4.56. The minimum absolute atomic E-state index is 0.529. The van der Waals surface area contributed by atoms with E-state index in [9.17, 15) is 8.78 Å². The lowest BCUT2D eigenvalue weighted by atomic mass is 10.2. The summed E-state index contributed by atoms with van der Waals surface area (Å²) < 4.78 is 28.7. The van der Waals surface area contributed by atoms with Crippen molar-refractivity contribution in [2.24, 2.45) is 0 Å². The third-order valence-electron chi connectivity index (χ3n) is 2.68. The molecule has 3 aromatic rings. The summed E-state index contributed by atoms with van der Waals surface area (Å²) in [6.07, 6.45) is 1.82. The van der Waals surface area contributed by atoms with Gasteiger partial charge in [0.05, 0.1) is 5.52 Å². The van der Waals surface area contributed by atoms with Gasteiger partial charge in [0, 0.05) is 11.8 Å². The van der Waals surface area contributed by atoms with Gasteiger partial charge in [-0.15, -0.1) is 0 Å². The van der Waals surface area contributed by atoms with Gasteiger partial charge in [0.15, 0.2) is 11.6 Å². The Kier molecular flexibility index (Phi) is 2.63. The van der Waals surface area contributed by atoms with Gasteiger partial charge in [-0.2, -0.15) is 0 Å². The van der Waals surface area contributed by atoms with Crippen molar-refractivity contribution in [1.29, 1.82) is 0 Å². The van der Waals surface area contributed by atoms with Crippen molar-refractivity contribution in [2.45, 2.75) is 0 Å². The molecule has 2 aromatic heterocycles. The predicted octanol–water partition coefficient (Wildman–Crippen LogP) is 4.04. The SMILES string of the molecule is Fc1ccc(-c2nc(Br)c3ccccn23)cc1F. The average Bonchev–Trinajstić information content (AvgIpc) is 2.71. The van der Waals surface area contributed by atoms with Crippen LogP contribution in [0.15, 0.2) is 47.2 Å². The standard InChI is InChI=1S/C13H7BrF2N2/c14-12-11-3-1-2-6-18(11)13(17-12)8-4-5-9(15)10(16)7-8/h1-7H. The van der Waals surface area contributed by atoms with E-state index in [1.807, 2.05) is 28.8 Å². The zero-order valence-corrected chi connectivity index (χ0v) is 10.7. The van der Waals surface area contributed by atoms with Crippen molar-refractivity contribution in [3.63, 3.8) is 0 Å². The Balaban J connectivity index is 2.28. The van der Waals surface area contributed by atoms with Gasteiger partial charge in [-0.1, -0.05) is 6.07 Å². The number of imidazole rings is 1. The molecule has 18 heavy (non-hydrogen) atoms. The van der Waals surface area contributed by atoms with E-state index < -0.39 is 11.6 Å². The first kappa shape index (κ1) is 11.3. The minimum Gasteiger partial charge on any atom is -0.299 e. The smallest absolute Gasteiger partial charge is 0.159 e. The Labute approximate surface area is 110 Å². The summed E-state index contributed by atoms with van der Waals surface area (Å²) >= 11 is 3.35. The van der Waals surface area contributed by atoms with E-state index in [0.29, 0.717) is 16.0 Å². The van der Waals surface area contributed by atoms with Crippen LogP contribution in [0.25, 0.3) is 16.9 Å². The molecule has 0 aliphatic heterocycles. The van der Waals surface area contributed by atoms with Crippen molar-refractivity contribution < 1.29 is 8.78 Å². The third kappa shape index (κ3) is 1.71. The maximum atomic E-state index is 13.2. The maximum Gasteiger partial charge on any atom is 0.159 e. The highest BCUT2D eigenvalue weighted by Gasteiger charge is 2.12. The molecule has 0 N–H and O–H groups in total. The molecular formula is C13H7BrF2N2. The summed E-state index contributed by atoms with van der Waals surface area (Å²) in [6, 6.07) is 9.38. The minimum atomic E-state index is -0.878. The fraction of sp³-hybridized carbons (Fsp3) is 0. The molecule has 0 atom stereocenters. The lowest BCUT2D eigenvalue weighted by Crippen LogP contribution is -1.91. The van der Waals surface area contributed by atoms with Crippen molar-refractivity contribution in [1.82, 2.24) is 9.38 Å². The number of hydrogen-bond acceptors (Lipinski definition) is 1. The van der Waals surface area contributed by atoms with E-state index >= 15 is 0 Å². The predicted molar refractivity (Wildman–Crippen MR) is 68.2 cm³/mol. The van der Waals surface area contributed by atoms with Crippen molar-refractivity contribution in [3.05, 3.63) is 58.8 Å². The molecule has 0 aliphatic rings. The van der Waals surface area contributed by atoms with Gasteiger partial charge in [0.1, 0.15) is 10.4 Å². The highest BCUT2D eigenvalue weighted by molar-refractivity contribution is 9.10. The molecule has 1 aromatic carbocycles. The number of fused-ring (bicyclic) bond motifs is 1. The highest BCUT2D eigenvalue weighted by Crippen LogP contribution is 2.26. The molecular weight excluding hydrogens is 302 g/mol. The maximum absolute atomic E-state index is 13.2. The van der Waals surface area contributed by atoms with Crippen LogP contribution in [-0.4, -0.2) is 9.38 Å². The number of halogens is 3. The van der Waals surface area contributed by atoms with Crippen LogP contribution in [0.4, 0.5) is 8.78 Å². The summed E-state index contributed by atoms with van der Waals surface area (Å²) in [4.78, 5) is 4.32. The second kappa shape index (κ2) is 4.17. The van der Waals surface area contributed by atoms with E-state index in [1.165, 1.54) is 6.07 Å². The van der Waals surface area contributed by atoms with Gasteiger partial charge in [-0.05, 0) is 46.3 Å². The van der Waals surface area contributed by atoms with E-state index in [4.69, 9.17) is 0 Å². The molecule has 2 nitrogen and oxygen atoms in total. The van der Waals surface area contributed by atoms with Gasteiger partial charge < -0.3 is 0 Å². The highest BCUT2D eigenvalue weighted by atomic mass is 79.9. The lowest BCUT2D eigenvalue weighted by Gasteiger charge is -2.01. The molecule has 0 spiro atoms. The van der Waals surface area contributed by atoms with Gasteiger partial charge in [0.25, 0.3) is 0 Å². The molecule has 90 valence electrons. The Morgan fingerprint density at radius 2 is 1.89 bits per heavy atom. The van der Waals surface area contributed by atoms with Crippen molar-refractivity contribution in [3.8, 4) is 11.4 Å². The summed E-state index contributed by atoms with van der Waals surface area (Å²) in [5.74, 6) is -1.17. The number of pyridine rings is 1. The molecule has 3 rings (SSSR count). The van der Waals surface area contributed by atoms with Crippen LogP contribution in [0.1, 0.15) is 0 Å². The quantitative estimate of drug-likeness (QED) is 0.663. The van der Waals surface area contributed by atoms with Crippen LogP contribution in [0.3, 0.4) is 0 Å². The topological polar surface area (TPSA) is 17.3 Å². The van der Waals surface area contributed by atoms with Crippen LogP contribution < -0.4 is 0 Å². The molecule has 0 aliphatic carbocycles. The molecule has 0 radical (unpaired) electrons. The zero-order valence-electron chi connectivity index (χ0n) is 9.07. The first-order valence-electron chi connectivity index (χ1n) is 5.25. The number of hydrogen-bond donors (Lipinski definition) is 0. The molecule has 0 saturated heterocycles. The Bertz CT molecular complexity index is 737. The van der Waals surface area contributed by atoms with E-state index in [2.05, 4.69) is 20.9 Å². The summed E-state index contributed by atoms with van der Waals surface area (Å²) in [6.45, 7) is 0. The molecule has 0 bridgehead atoms. The Hall–Kier alpha value is -1.75. The van der Waals surface area contributed by atoms with Gasteiger partial charge >= 0.3 is 0 Å². The fourth-order valence-corrected chi connectivity index (χ4v) is 2.33. The van der Waals surface area contributed by atoms with E-state index in [-0.39, 0.29) is 0 Å². The fourth-order valence-electron chi connectivity index (χ4n) is 1.84. The molecule has 0 fully saturated rings. The monoisotopic (exact) mass is 308 g/mol. The van der Waals surface area contributed by atoms with Crippen molar-refractivity contribution in [2.75, 3.05) is 0 Å². The summed E-state index contributed by atoms with van der Waals surface area (Å²) in [7, 11) is 0. The molecule has 2 heterocycles. The van der Waals surface area contributed by atoms with Crippen LogP contribution in [0.2, 0.25) is 0 Å². The first-order chi connectivity index (χ1) is 8.66. The van der Waals surface area contributed by atoms with Gasteiger partial charge in [-0.25, -0.2) is 13.8 Å². The molecule has 0 saturated carbocycles. The average molecular weight is 309 g/mol.